The molecular formula is C14H18N2O2. The van der Waals surface area contributed by atoms with E-state index in [0.717, 1.165) is 24.2 Å². The van der Waals surface area contributed by atoms with Crippen molar-refractivity contribution >= 4 is 5.97 Å². The Morgan fingerprint density at radius 3 is 2.83 bits per heavy atom. The third kappa shape index (κ3) is 1.82. The predicted molar refractivity (Wildman–Crippen MR) is 68.5 cm³/mol. The third-order valence-corrected chi connectivity index (χ3v) is 3.92. The van der Waals surface area contributed by atoms with Gasteiger partial charge in [0.1, 0.15) is 6.61 Å². The van der Waals surface area contributed by atoms with E-state index in [1.807, 2.05) is 6.07 Å². The van der Waals surface area contributed by atoms with Crippen molar-refractivity contribution in [1.29, 1.82) is 0 Å². The molecule has 1 aromatic rings. The molecule has 2 heterocycles. The average Bonchev–Trinajstić information content (AvgIpc) is 2.74. The summed E-state index contributed by atoms with van der Waals surface area (Å²) in [6.07, 6.45) is 0. The average molecular weight is 246 g/mol. The molecule has 1 fully saturated rings. The molecule has 0 spiro atoms. The molecule has 18 heavy (non-hydrogen) atoms. The maximum atomic E-state index is 11.5. The Hall–Kier alpha value is -1.39. The van der Waals surface area contributed by atoms with Gasteiger partial charge in [0.15, 0.2) is 0 Å². The first-order chi connectivity index (χ1) is 8.66. The van der Waals surface area contributed by atoms with E-state index in [1.54, 1.807) is 0 Å². The number of esters is 1. The number of rotatable bonds is 1. The fourth-order valence-corrected chi connectivity index (χ4v) is 2.75. The van der Waals surface area contributed by atoms with Gasteiger partial charge in [-0.05, 0) is 31.0 Å². The molecule has 2 N–H and O–H groups in total. The molecule has 2 atom stereocenters. The normalized spacial score (nSPS) is 26.9. The van der Waals surface area contributed by atoms with Crippen LogP contribution in [0.3, 0.4) is 0 Å². The van der Waals surface area contributed by atoms with Crippen LogP contribution in [0, 0.1) is 6.92 Å². The molecular weight excluding hydrogens is 228 g/mol. The maximum absolute atomic E-state index is 11.5. The highest BCUT2D eigenvalue weighted by atomic mass is 16.5. The fraction of sp³-hybridized carbons (Fsp3) is 0.500. The van der Waals surface area contributed by atoms with Gasteiger partial charge in [0, 0.05) is 30.7 Å². The lowest BCUT2D eigenvalue weighted by Gasteiger charge is -2.30. The van der Waals surface area contributed by atoms with Crippen LogP contribution in [0.4, 0.5) is 0 Å². The molecule has 0 aromatic heterocycles. The molecule has 3 rings (SSSR count). The zero-order valence-electron chi connectivity index (χ0n) is 10.7. The van der Waals surface area contributed by atoms with E-state index < -0.39 is 0 Å². The largest absolute Gasteiger partial charge is 0.457 e. The van der Waals surface area contributed by atoms with Crippen LogP contribution in [-0.2, 0) is 11.3 Å². The van der Waals surface area contributed by atoms with Gasteiger partial charge >= 0.3 is 5.97 Å². The van der Waals surface area contributed by atoms with E-state index in [0.29, 0.717) is 18.7 Å². The van der Waals surface area contributed by atoms with Gasteiger partial charge in [-0.15, -0.1) is 0 Å². The van der Waals surface area contributed by atoms with Crippen molar-refractivity contribution in [3.63, 3.8) is 0 Å². The summed E-state index contributed by atoms with van der Waals surface area (Å²) in [6, 6.07) is 4.78. The molecule has 1 aromatic carbocycles. The molecule has 0 bridgehead atoms. The van der Waals surface area contributed by atoms with Gasteiger partial charge in [0.05, 0.1) is 5.56 Å². The smallest absolute Gasteiger partial charge is 0.338 e. The highest BCUT2D eigenvalue weighted by Crippen LogP contribution is 2.29. The van der Waals surface area contributed by atoms with Gasteiger partial charge in [0.2, 0.25) is 0 Å². The zero-order valence-corrected chi connectivity index (χ0v) is 10.7. The number of carbonyl (C=O) groups excluding carboxylic acids is 1. The van der Waals surface area contributed by atoms with E-state index in [2.05, 4.69) is 30.5 Å². The van der Waals surface area contributed by atoms with Crippen molar-refractivity contribution in [2.24, 2.45) is 0 Å². The van der Waals surface area contributed by atoms with Crippen LogP contribution < -0.4 is 10.6 Å². The van der Waals surface area contributed by atoms with Crippen LogP contribution in [0.2, 0.25) is 0 Å². The highest BCUT2D eigenvalue weighted by Gasteiger charge is 2.27. The van der Waals surface area contributed by atoms with E-state index >= 15 is 0 Å². The Balaban J connectivity index is 1.92. The molecule has 2 aliphatic heterocycles. The number of piperazine rings is 1. The minimum Gasteiger partial charge on any atom is -0.457 e. The molecule has 4 heteroatoms. The Morgan fingerprint density at radius 2 is 2.11 bits per heavy atom. The van der Waals surface area contributed by atoms with Crippen LogP contribution in [0.15, 0.2) is 12.1 Å². The van der Waals surface area contributed by atoms with Crippen LogP contribution >= 0.6 is 0 Å². The monoisotopic (exact) mass is 246 g/mol. The molecule has 0 aliphatic carbocycles. The molecule has 2 aliphatic rings. The predicted octanol–water partition coefficient (Wildman–Crippen LogP) is 1.29. The molecule has 0 saturated carbocycles. The number of hydrogen-bond donors (Lipinski definition) is 2. The number of hydrogen-bond acceptors (Lipinski definition) is 4. The summed E-state index contributed by atoms with van der Waals surface area (Å²) in [5.41, 5.74) is 4.24. The number of benzene rings is 1. The van der Waals surface area contributed by atoms with E-state index in [1.165, 1.54) is 11.1 Å². The van der Waals surface area contributed by atoms with Gasteiger partial charge < -0.3 is 15.4 Å². The van der Waals surface area contributed by atoms with Crippen LogP contribution in [0.1, 0.15) is 40.0 Å². The lowest BCUT2D eigenvalue weighted by molar-refractivity contribution is 0.0535. The Bertz CT molecular complexity index is 491. The van der Waals surface area contributed by atoms with Crippen LogP contribution in [0.5, 0.6) is 0 Å². The fourth-order valence-electron chi connectivity index (χ4n) is 2.75. The Labute approximate surface area is 107 Å². The van der Waals surface area contributed by atoms with Gasteiger partial charge in [0.25, 0.3) is 0 Å². The minimum atomic E-state index is -0.192. The number of carbonyl (C=O) groups is 1. The summed E-state index contributed by atoms with van der Waals surface area (Å²) in [7, 11) is 0. The van der Waals surface area contributed by atoms with Gasteiger partial charge in [-0.25, -0.2) is 4.79 Å². The molecule has 4 nitrogen and oxygen atoms in total. The third-order valence-electron chi connectivity index (χ3n) is 3.92. The highest BCUT2D eigenvalue weighted by molar-refractivity contribution is 5.93. The Morgan fingerprint density at radius 1 is 1.28 bits per heavy atom. The van der Waals surface area contributed by atoms with Gasteiger partial charge in [-0.2, -0.15) is 0 Å². The summed E-state index contributed by atoms with van der Waals surface area (Å²) in [5.74, 6) is -0.192. The summed E-state index contributed by atoms with van der Waals surface area (Å²) in [5, 5.41) is 7.01. The second-order valence-corrected chi connectivity index (χ2v) is 5.15. The summed E-state index contributed by atoms with van der Waals surface area (Å²) < 4.78 is 5.09. The molecule has 1 saturated heterocycles. The van der Waals surface area contributed by atoms with Gasteiger partial charge in [-0.3, -0.25) is 0 Å². The SMILES string of the molecule is Cc1c(C2CNC(C)CN2)ccc2c1COC2=O. The Kier molecular flexibility index (Phi) is 2.84. The molecule has 2 unspecified atom stereocenters. The van der Waals surface area contributed by atoms with Crippen molar-refractivity contribution in [3.05, 3.63) is 34.4 Å². The maximum Gasteiger partial charge on any atom is 0.338 e. The quantitative estimate of drug-likeness (QED) is 0.733. The summed E-state index contributed by atoms with van der Waals surface area (Å²) >= 11 is 0. The van der Waals surface area contributed by atoms with E-state index in [9.17, 15) is 4.79 Å². The summed E-state index contributed by atoms with van der Waals surface area (Å²) in [4.78, 5) is 11.5. The van der Waals surface area contributed by atoms with Gasteiger partial charge in [-0.1, -0.05) is 6.07 Å². The standard InChI is InChI=1S/C14H18N2O2/c1-8-5-16-13(6-15-8)10-3-4-11-12(9(10)2)7-18-14(11)17/h3-4,8,13,15-16H,5-7H2,1-2H3. The number of fused-ring (bicyclic) bond motifs is 1. The topological polar surface area (TPSA) is 50.4 Å². The first-order valence-electron chi connectivity index (χ1n) is 6.43. The molecule has 0 radical (unpaired) electrons. The lowest BCUT2D eigenvalue weighted by atomic mass is 9.93. The first kappa shape index (κ1) is 11.7. The summed E-state index contributed by atoms with van der Waals surface area (Å²) in [6.45, 7) is 6.57. The second kappa shape index (κ2) is 4.37. The number of cyclic esters (lactones) is 1. The van der Waals surface area contributed by atoms with Crippen molar-refractivity contribution in [1.82, 2.24) is 10.6 Å². The van der Waals surface area contributed by atoms with Crippen molar-refractivity contribution in [2.45, 2.75) is 32.5 Å². The van der Waals surface area contributed by atoms with Crippen LogP contribution in [-0.4, -0.2) is 25.1 Å². The minimum absolute atomic E-state index is 0.192. The lowest BCUT2D eigenvalue weighted by Crippen LogP contribution is -2.48. The molecule has 96 valence electrons. The van der Waals surface area contributed by atoms with Crippen molar-refractivity contribution in [3.8, 4) is 0 Å². The van der Waals surface area contributed by atoms with E-state index in [-0.39, 0.29) is 5.97 Å². The first-order valence-corrected chi connectivity index (χ1v) is 6.43. The number of ether oxygens (including phenoxy) is 1. The van der Waals surface area contributed by atoms with Crippen molar-refractivity contribution in [2.75, 3.05) is 13.1 Å². The van der Waals surface area contributed by atoms with Crippen molar-refractivity contribution < 1.29 is 9.53 Å². The molecule has 0 amide bonds. The van der Waals surface area contributed by atoms with Crippen LogP contribution in [0.25, 0.3) is 0 Å². The second-order valence-electron chi connectivity index (χ2n) is 5.15. The van der Waals surface area contributed by atoms with E-state index in [4.69, 9.17) is 4.74 Å². The number of nitrogens with one attached hydrogen (secondary N) is 2. The zero-order chi connectivity index (χ0) is 12.7.